The molecule has 0 spiro atoms. The highest BCUT2D eigenvalue weighted by Gasteiger charge is 2.11. The zero-order valence-electron chi connectivity index (χ0n) is 7.29. The van der Waals surface area contributed by atoms with Gasteiger partial charge < -0.3 is 9.47 Å². The molecule has 3 heteroatoms. The lowest BCUT2D eigenvalue weighted by atomic mass is 10.2. The zero-order valence-corrected chi connectivity index (χ0v) is 7.29. The van der Waals surface area contributed by atoms with E-state index in [0.717, 1.165) is 19.4 Å². The van der Waals surface area contributed by atoms with Crippen molar-refractivity contribution in [2.24, 2.45) is 0 Å². The molecule has 1 atom stereocenters. The normalized spacial score (nSPS) is 23.2. The fraction of sp³-hybridized carbons (Fsp3) is 0.667. The molecule has 3 nitrogen and oxygen atoms in total. The second kappa shape index (κ2) is 4.93. The topological polar surface area (TPSA) is 35.5 Å². The van der Waals surface area contributed by atoms with Crippen molar-refractivity contribution >= 4 is 5.97 Å². The Balaban J connectivity index is 2.23. The summed E-state index contributed by atoms with van der Waals surface area (Å²) in [4.78, 5) is 10.8. The summed E-state index contributed by atoms with van der Waals surface area (Å²) in [6.45, 7) is 3.02. The van der Waals surface area contributed by atoms with E-state index >= 15 is 0 Å². The number of esters is 1. The van der Waals surface area contributed by atoms with E-state index < -0.39 is 0 Å². The lowest BCUT2D eigenvalue weighted by Crippen LogP contribution is -2.03. The first-order valence-electron chi connectivity index (χ1n) is 4.29. The Labute approximate surface area is 72.4 Å². The summed E-state index contributed by atoms with van der Waals surface area (Å²) in [7, 11) is 0. The number of rotatable bonds is 3. The van der Waals surface area contributed by atoms with Crippen molar-refractivity contribution in [3.05, 3.63) is 12.2 Å². The fourth-order valence-electron chi connectivity index (χ4n) is 1.13. The molecular formula is C9H14O3. The van der Waals surface area contributed by atoms with Crippen LogP contribution in [0.25, 0.3) is 0 Å². The maximum atomic E-state index is 10.8. The van der Waals surface area contributed by atoms with Crippen LogP contribution in [0.3, 0.4) is 0 Å². The number of hydrogen-bond acceptors (Lipinski definition) is 3. The van der Waals surface area contributed by atoms with Gasteiger partial charge in [0, 0.05) is 12.7 Å². The van der Waals surface area contributed by atoms with Crippen LogP contribution < -0.4 is 0 Å². The third-order valence-electron chi connectivity index (χ3n) is 1.70. The van der Waals surface area contributed by atoms with E-state index in [0.29, 0.717) is 6.61 Å². The summed E-state index contributed by atoms with van der Waals surface area (Å²) < 4.78 is 10.0. The van der Waals surface area contributed by atoms with Crippen LogP contribution in [0.1, 0.15) is 19.8 Å². The van der Waals surface area contributed by atoms with Gasteiger partial charge >= 0.3 is 5.97 Å². The highest BCUT2D eigenvalue weighted by Crippen LogP contribution is 2.12. The highest BCUT2D eigenvalue weighted by atomic mass is 16.5. The van der Waals surface area contributed by atoms with E-state index in [1.54, 1.807) is 13.0 Å². The summed E-state index contributed by atoms with van der Waals surface area (Å²) in [6, 6.07) is 0. The lowest BCUT2D eigenvalue weighted by Gasteiger charge is -2.00. The molecule has 0 N–H and O–H groups in total. The fourth-order valence-corrected chi connectivity index (χ4v) is 1.13. The van der Waals surface area contributed by atoms with Gasteiger partial charge in [-0.05, 0) is 25.8 Å². The highest BCUT2D eigenvalue weighted by molar-refractivity contribution is 5.81. The van der Waals surface area contributed by atoms with Crippen molar-refractivity contribution in [3.8, 4) is 0 Å². The monoisotopic (exact) mass is 170 g/mol. The van der Waals surface area contributed by atoms with E-state index in [4.69, 9.17) is 9.47 Å². The molecule has 0 amide bonds. The molecule has 0 aliphatic carbocycles. The minimum absolute atomic E-state index is 0.120. The molecule has 0 aromatic carbocycles. The first kappa shape index (κ1) is 9.26. The van der Waals surface area contributed by atoms with Gasteiger partial charge in [-0.15, -0.1) is 0 Å². The van der Waals surface area contributed by atoms with Crippen molar-refractivity contribution in [3.63, 3.8) is 0 Å². The Hall–Kier alpha value is -0.830. The van der Waals surface area contributed by atoms with Crippen molar-refractivity contribution < 1.29 is 14.3 Å². The van der Waals surface area contributed by atoms with Crippen molar-refractivity contribution in [1.82, 2.24) is 0 Å². The minimum atomic E-state index is -0.284. The van der Waals surface area contributed by atoms with Crippen molar-refractivity contribution in [1.29, 1.82) is 0 Å². The molecule has 12 heavy (non-hydrogen) atoms. The van der Waals surface area contributed by atoms with Crippen LogP contribution in [-0.4, -0.2) is 25.3 Å². The third kappa shape index (κ3) is 3.05. The van der Waals surface area contributed by atoms with Gasteiger partial charge in [0.05, 0.1) is 12.7 Å². The van der Waals surface area contributed by atoms with Crippen LogP contribution in [0.5, 0.6) is 0 Å². The van der Waals surface area contributed by atoms with Gasteiger partial charge in [-0.25, -0.2) is 4.79 Å². The van der Waals surface area contributed by atoms with Gasteiger partial charge in [-0.1, -0.05) is 0 Å². The first-order valence-corrected chi connectivity index (χ1v) is 4.29. The lowest BCUT2D eigenvalue weighted by molar-refractivity contribution is -0.137. The first-order chi connectivity index (χ1) is 5.83. The molecule has 1 heterocycles. The molecule has 0 radical (unpaired) electrons. The molecule has 0 unspecified atom stereocenters. The molecule has 0 bridgehead atoms. The van der Waals surface area contributed by atoms with Gasteiger partial charge in [0.25, 0.3) is 0 Å². The number of carbonyl (C=O) groups is 1. The molecule has 1 saturated heterocycles. The molecule has 68 valence electrons. The Morgan fingerprint density at radius 1 is 1.75 bits per heavy atom. The SMILES string of the molecule is CCOC(=O)/C=C/[C@H]1CCCO1. The molecule has 0 saturated carbocycles. The second-order valence-electron chi connectivity index (χ2n) is 2.66. The quantitative estimate of drug-likeness (QED) is 0.473. The molecule has 1 aliphatic rings. The number of carbonyl (C=O) groups excluding carboxylic acids is 1. The van der Waals surface area contributed by atoms with Crippen LogP contribution in [0, 0.1) is 0 Å². The Bertz CT molecular complexity index is 169. The maximum Gasteiger partial charge on any atom is 0.330 e. The summed E-state index contributed by atoms with van der Waals surface area (Å²) in [5, 5.41) is 0. The van der Waals surface area contributed by atoms with E-state index in [1.165, 1.54) is 6.08 Å². The van der Waals surface area contributed by atoms with Crippen LogP contribution >= 0.6 is 0 Å². The average molecular weight is 170 g/mol. The van der Waals surface area contributed by atoms with Gasteiger partial charge in [-0.2, -0.15) is 0 Å². The molecule has 0 aromatic heterocycles. The predicted molar refractivity (Wildman–Crippen MR) is 44.7 cm³/mol. The zero-order chi connectivity index (χ0) is 8.81. The summed E-state index contributed by atoms with van der Waals surface area (Å²) in [5.74, 6) is -0.284. The number of ether oxygens (including phenoxy) is 2. The molecule has 1 fully saturated rings. The summed E-state index contributed by atoms with van der Waals surface area (Å²) in [6.07, 6.45) is 5.42. The van der Waals surface area contributed by atoms with Crippen LogP contribution in [0.4, 0.5) is 0 Å². The van der Waals surface area contributed by atoms with Crippen LogP contribution in [0.15, 0.2) is 12.2 Å². The van der Waals surface area contributed by atoms with Gasteiger partial charge in [0.15, 0.2) is 0 Å². The van der Waals surface area contributed by atoms with E-state index in [9.17, 15) is 4.79 Å². The smallest absolute Gasteiger partial charge is 0.330 e. The Morgan fingerprint density at radius 2 is 2.58 bits per heavy atom. The van der Waals surface area contributed by atoms with E-state index in [1.807, 2.05) is 0 Å². The third-order valence-corrected chi connectivity index (χ3v) is 1.70. The van der Waals surface area contributed by atoms with E-state index in [2.05, 4.69) is 0 Å². The molecule has 1 aliphatic heterocycles. The van der Waals surface area contributed by atoms with E-state index in [-0.39, 0.29) is 12.1 Å². The van der Waals surface area contributed by atoms with Gasteiger partial charge in [0.2, 0.25) is 0 Å². The van der Waals surface area contributed by atoms with Crippen molar-refractivity contribution in [2.45, 2.75) is 25.9 Å². The number of hydrogen-bond donors (Lipinski definition) is 0. The Kier molecular flexibility index (Phi) is 3.80. The molecule has 1 rings (SSSR count). The largest absolute Gasteiger partial charge is 0.463 e. The molecular weight excluding hydrogens is 156 g/mol. The summed E-state index contributed by atoms with van der Waals surface area (Å²) >= 11 is 0. The second-order valence-corrected chi connectivity index (χ2v) is 2.66. The Morgan fingerprint density at radius 3 is 3.17 bits per heavy atom. The molecule has 0 aromatic rings. The average Bonchev–Trinajstić information content (AvgIpc) is 2.53. The van der Waals surface area contributed by atoms with Crippen LogP contribution in [-0.2, 0) is 14.3 Å². The van der Waals surface area contributed by atoms with Crippen molar-refractivity contribution in [2.75, 3.05) is 13.2 Å². The van der Waals surface area contributed by atoms with Gasteiger partial charge in [0.1, 0.15) is 0 Å². The predicted octanol–water partition coefficient (Wildman–Crippen LogP) is 1.28. The van der Waals surface area contributed by atoms with Gasteiger partial charge in [-0.3, -0.25) is 0 Å². The summed E-state index contributed by atoms with van der Waals surface area (Å²) in [5.41, 5.74) is 0. The standard InChI is InChI=1S/C9H14O3/c1-2-11-9(10)6-5-8-4-3-7-12-8/h5-6,8H,2-4,7H2,1H3/b6-5+/t8-/m1/s1. The minimum Gasteiger partial charge on any atom is -0.463 e. The van der Waals surface area contributed by atoms with Crippen LogP contribution in [0.2, 0.25) is 0 Å². The maximum absolute atomic E-state index is 10.8.